The molecule has 0 saturated heterocycles. The SMILES string of the molecule is Cc1ccccc1-c1nc2ccccc2c(=O)n1CC(=O)Nc1ccc(F)cc1C(F)(F)F. The Labute approximate surface area is 185 Å². The third kappa shape index (κ3) is 4.48. The van der Waals surface area contributed by atoms with Gasteiger partial charge in [-0.2, -0.15) is 13.2 Å². The van der Waals surface area contributed by atoms with Gasteiger partial charge in [0.2, 0.25) is 5.91 Å². The molecular formula is C24H17F4N3O2. The van der Waals surface area contributed by atoms with Crippen molar-refractivity contribution in [1.29, 1.82) is 0 Å². The second kappa shape index (κ2) is 8.50. The fourth-order valence-electron chi connectivity index (χ4n) is 3.54. The van der Waals surface area contributed by atoms with E-state index in [1.54, 1.807) is 36.4 Å². The number of aryl methyl sites for hydroxylation is 1. The minimum Gasteiger partial charge on any atom is -0.324 e. The zero-order valence-corrected chi connectivity index (χ0v) is 17.3. The molecular weight excluding hydrogens is 438 g/mol. The first-order valence-corrected chi connectivity index (χ1v) is 9.87. The molecule has 0 atom stereocenters. The van der Waals surface area contributed by atoms with Crippen LogP contribution in [0.4, 0.5) is 23.2 Å². The first-order chi connectivity index (χ1) is 15.6. The molecule has 0 fully saturated rings. The van der Waals surface area contributed by atoms with Crippen LogP contribution in [0.5, 0.6) is 0 Å². The maximum Gasteiger partial charge on any atom is 0.418 e. The molecule has 3 aromatic carbocycles. The fraction of sp³-hybridized carbons (Fsp3) is 0.125. The van der Waals surface area contributed by atoms with Gasteiger partial charge in [0, 0.05) is 5.56 Å². The van der Waals surface area contributed by atoms with Crippen molar-refractivity contribution in [3.8, 4) is 11.4 Å². The van der Waals surface area contributed by atoms with Crippen molar-refractivity contribution in [2.75, 3.05) is 5.32 Å². The summed E-state index contributed by atoms with van der Waals surface area (Å²) in [5.41, 5.74) is -0.607. The first-order valence-electron chi connectivity index (χ1n) is 9.87. The lowest BCUT2D eigenvalue weighted by molar-refractivity contribution is -0.137. The number of hydrogen-bond donors (Lipinski definition) is 1. The number of fused-ring (bicyclic) bond motifs is 1. The highest BCUT2D eigenvalue weighted by atomic mass is 19.4. The first kappa shape index (κ1) is 22.2. The summed E-state index contributed by atoms with van der Waals surface area (Å²) in [6.45, 7) is 1.23. The molecule has 168 valence electrons. The summed E-state index contributed by atoms with van der Waals surface area (Å²) in [6, 6.07) is 15.7. The van der Waals surface area contributed by atoms with Crippen molar-refractivity contribution in [2.45, 2.75) is 19.6 Å². The van der Waals surface area contributed by atoms with Gasteiger partial charge >= 0.3 is 6.18 Å². The van der Waals surface area contributed by atoms with Gasteiger partial charge in [-0.3, -0.25) is 14.2 Å². The highest BCUT2D eigenvalue weighted by molar-refractivity contribution is 5.92. The number of benzene rings is 3. The van der Waals surface area contributed by atoms with Crippen LogP contribution < -0.4 is 10.9 Å². The Morgan fingerprint density at radius 3 is 2.45 bits per heavy atom. The Balaban J connectivity index is 1.79. The molecule has 0 aliphatic rings. The molecule has 0 radical (unpaired) electrons. The molecule has 4 aromatic rings. The van der Waals surface area contributed by atoms with E-state index in [4.69, 9.17) is 0 Å². The molecule has 0 bridgehead atoms. The molecule has 1 heterocycles. The summed E-state index contributed by atoms with van der Waals surface area (Å²) in [5.74, 6) is -1.76. The molecule has 0 unspecified atom stereocenters. The summed E-state index contributed by atoms with van der Waals surface area (Å²) >= 11 is 0. The summed E-state index contributed by atoms with van der Waals surface area (Å²) in [6.07, 6.45) is -4.88. The number of halogens is 4. The van der Waals surface area contributed by atoms with E-state index in [0.717, 1.165) is 22.3 Å². The van der Waals surface area contributed by atoms with Gasteiger partial charge in [0.15, 0.2) is 0 Å². The molecule has 0 aliphatic heterocycles. The average molecular weight is 455 g/mol. The van der Waals surface area contributed by atoms with Gasteiger partial charge in [-0.25, -0.2) is 9.37 Å². The predicted molar refractivity (Wildman–Crippen MR) is 116 cm³/mol. The Morgan fingerprint density at radius 1 is 1.03 bits per heavy atom. The molecule has 4 rings (SSSR count). The van der Waals surface area contributed by atoms with Crippen molar-refractivity contribution in [1.82, 2.24) is 9.55 Å². The number of rotatable bonds is 4. The van der Waals surface area contributed by atoms with Crippen molar-refractivity contribution < 1.29 is 22.4 Å². The molecule has 9 heteroatoms. The lowest BCUT2D eigenvalue weighted by atomic mass is 10.1. The smallest absolute Gasteiger partial charge is 0.324 e. The quantitative estimate of drug-likeness (QED) is 0.432. The predicted octanol–water partition coefficient (Wildman–Crippen LogP) is 5.17. The molecule has 0 saturated carbocycles. The van der Waals surface area contributed by atoms with Crippen molar-refractivity contribution in [3.05, 3.63) is 94.0 Å². The summed E-state index contributed by atoms with van der Waals surface area (Å²) < 4.78 is 54.4. The Morgan fingerprint density at radius 2 is 1.73 bits per heavy atom. The third-order valence-corrected chi connectivity index (χ3v) is 5.11. The van der Waals surface area contributed by atoms with E-state index in [9.17, 15) is 27.2 Å². The van der Waals surface area contributed by atoms with Crippen LogP contribution in [-0.2, 0) is 17.5 Å². The zero-order valence-electron chi connectivity index (χ0n) is 17.3. The normalized spacial score (nSPS) is 11.5. The van der Waals surface area contributed by atoms with Crippen LogP contribution in [0.2, 0.25) is 0 Å². The van der Waals surface area contributed by atoms with Crippen LogP contribution in [-0.4, -0.2) is 15.5 Å². The van der Waals surface area contributed by atoms with E-state index in [2.05, 4.69) is 10.3 Å². The third-order valence-electron chi connectivity index (χ3n) is 5.11. The monoisotopic (exact) mass is 455 g/mol. The number of para-hydroxylation sites is 1. The lowest BCUT2D eigenvalue weighted by Gasteiger charge is -2.17. The molecule has 1 aromatic heterocycles. The van der Waals surface area contributed by atoms with Crippen LogP contribution >= 0.6 is 0 Å². The zero-order chi connectivity index (χ0) is 23.8. The average Bonchev–Trinajstić information content (AvgIpc) is 2.76. The van der Waals surface area contributed by atoms with E-state index in [1.165, 1.54) is 0 Å². The highest BCUT2D eigenvalue weighted by Gasteiger charge is 2.34. The second-order valence-electron chi connectivity index (χ2n) is 7.39. The number of anilines is 1. The van der Waals surface area contributed by atoms with Crippen molar-refractivity contribution in [3.63, 3.8) is 0 Å². The minimum atomic E-state index is -4.88. The maximum absolute atomic E-state index is 13.4. The summed E-state index contributed by atoms with van der Waals surface area (Å²) in [7, 11) is 0. The minimum absolute atomic E-state index is 0.210. The van der Waals surface area contributed by atoms with Crippen LogP contribution in [0.3, 0.4) is 0 Å². The van der Waals surface area contributed by atoms with Crippen LogP contribution in [0.15, 0.2) is 71.5 Å². The largest absolute Gasteiger partial charge is 0.418 e. The molecule has 5 nitrogen and oxygen atoms in total. The molecule has 0 spiro atoms. The van der Waals surface area contributed by atoms with Gasteiger partial charge in [0.05, 0.1) is 22.2 Å². The highest BCUT2D eigenvalue weighted by Crippen LogP contribution is 2.35. The fourth-order valence-corrected chi connectivity index (χ4v) is 3.54. The van der Waals surface area contributed by atoms with Gasteiger partial charge < -0.3 is 5.32 Å². The number of nitrogens with zero attached hydrogens (tertiary/aromatic N) is 2. The number of alkyl halides is 3. The van der Waals surface area contributed by atoms with E-state index in [-0.39, 0.29) is 11.2 Å². The number of carbonyl (C=O) groups is 1. The number of aromatic nitrogens is 2. The topological polar surface area (TPSA) is 64.0 Å². The van der Waals surface area contributed by atoms with Gasteiger partial charge in [-0.1, -0.05) is 36.4 Å². The van der Waals surface area contributed by atoms with E-state index < -0.39 is 41.3 Å². The van der Waals surface area contributed by atoms with E-state index >= 15 is 0 Å². The van der Waals surface area contributed by atoms with E-state index in [0.29, 0.717) is 17.1 Å². The number of amides is 1. The van der Waals surface area contributed by atoms with Crippen molar-refractivity contribution in [2.24, 2.45) is 0 Å². The van der Waals surface area contributed by atoms with Gasteiger partial charge in [0.1, 0.15) is 18.2 Å². The van der Waals surface area contributed by atoms with E-state index in [1.807, 2.05) is 19.1 Å². The lowest BCUT2D eigenvalue weighted by Crippen LogP contribution is -2.30. The molecule has 1 N–H and O–H groups in total. The number of hydrogen-bond acceptors (Lipinski definition) is 3. The molecule has 1 amide bonds. The molecule has 0 aliphatic carbocycles. The van der Waals surface area contributed by atoms with Gasteiger partial charge in [0.25, 0.3) is 5.56 Å². The van der Waals surface area contributed by atoms with Crippen molar-refractivity contribution >= 4 is 22.5 Å². The standard InChI is InChI=1S/C24H17F4N3O2/c1-14-6-2-3-7-16(14)22-30-19-9-5-4-8-17(19)23(33)31(22)13-21(32)29-20-11-10-15(25)12-18(20)24(26,27)28/h2-12H,13H2,1H3,(H,29,32). The number of nitrogens with one attached hydrogen (secondary N) is 1. The Kier molecular flexibility index (Phi) is 5.71. The van der Waals surface area contributed by atoms with Gasteiger partial charge in [-0.15, -0.1) is 0 Å². The molecule has 33 heavy (non-hydrogen) atoms. The Bertz CT molecular complexity index is 1430. The summed E-state index contributed by atoms with van der Waals surface area (Å²) in [4.78, 5) is 30.5. The second-order valence-corrected chi connectivity index (χ2v) is 7.39. The summed E-state index contributed by atoms with van der Waals surface area (Å²) in [5, 5.41) is 2.41. The van der Waals surface area contributed by atoms with Crippen LogP contribution in [0.25, 0.3) is 22.3 Å². The van der Waals surface area contributed by atoms with Crippen LogP contribution in [0, 0.1) is 12.7 Å². The maximum atomic E-state index is 13.4. The van der Waals surface area contributed by atoms with Crippen LogP contribution in [0.1, 0.15) is 11.1 Å². The van der Waals surface area contributed by atoms with Gasteiger partial charge in [-0.05, 0) is 42.8 Å². The number of carbonyl (C=O) groups excluding carboxylic acids is 1. The Hall–Kier alpha value is -4.01.